The number of carbonyl (C=O) groups is 2. The van der Waals surface area contributed by atoms with E-state index in [2.05, 4.69) is 5.32 Å². The second-order valence-corrected chi connectivity index (χ2v) is 10.1. The van der Waals surface area contributed by atoms with Gasteiger partial charge >= 0.3 is 0 Å². The van der Waals surface area contributed by atoms with E-state index < -0.39 is 34.3 Å². The number of ether oxygens (including phenoxy) is 1. The van der Waals surface area contributed by atoms with Crippen molar-refractivity contribution in [3.8, 4) is 5.75 Å². The molecule has 0 heterocycles. The molecule has 0 saturated heterocycles. The molecule has 0 aliphatic heterocycles. The molecule has 0 bridgehead atoms. The number of likely N-dealkylation sites (N-methyl/N-ethyl adjacent to an activating group) is 1. The number of halogens is 1. The predicted molar refractivity (Wildman–Crippen MR) is 139 cm³/mol. The summed E-state index contributed by atoms with van der Waals surface area (Å²) in [6.45, 7) is 3.21. The highest BCUT2D eigenvalue weighted by Crippen LogP contribution is 2.25. The number of anilines is 1. The summed E-state index contributed by atoms with van der Waals surface area (Å²) >= 11 is 0. The van der Waals surface area contributed by atoms with Crippen LogP contribution in [0.5, 0.6) is 5.75 Å². The van der Waals surface area contributed by atoms with E-state index in [4.69, 9.17) is 4.74 Å². The number of para-hydroxylation sites is 1. The Balaban J connectivity index is 2.00. The number of hydrogen-bond donors (Lipinski definition) is 1. The van der Waals surface area contributed by atoms with E-state index in [0.717, 1.165) is 28.6 Å². The first kappa shape index (κ1) is 27.7. The molecular formula is C27H30FN3O5S. The van der Waals surface area contributed by atoms with Gasteiger partial charge in [-0.15, -0.1) is 0 Å². The van der Waals surface area contributed by atoms with Crippen LogP contribution in [-0.2, 0) is 26.2 Å². The maximum atomic E-state index is 13.7. The lowest BCUT2D eigenvalue weighted by Crippen LogP contribution is -2.51. The molecule has 3 rings (SSSR count). The molecule has 0 aliphatic carbocycles. The molecule has 3 aromatic carbocycles. The Labute approximate surface area is 216 Å². The highest BCUT2D eigenvalue weighted by Gasteiger charge is 2.32. The largest absolute Gasteiger partial charge is 0.497 e. The van der Waals surface area contributed by atoms with Gasteiger partial charge in [-0.05, 0) is 67.9 Å². The lowest BCUT2D eigenvalue weighted by Gasteiger charge is -2.32. The number of nitrogens with zero attached hydrogens (tertiary/aromatic N) is 2. The van der Waals surface area contributed by atoms with Crippen LogP contribution in [0.1, 0.15) is 19.4 Å². The van der Waals surface area contributed by atoms with Crippen molar-refractivity contribution in [3.05, 3.63) is 90.2 Å². The van der Waals surface area contributed by atoms with Crippen molar-refractivity contribution < 1.29 is 27.1 Å². The number of hydrogen-bond acceptors (Lipinski definition) is 5. The van der Waals surface area contributed by atoms with Crippen LogP contribution in [0.2, 0.25) is 0 Å². The van der Waals surface area contributed by atoms with Gasteiger partial charge in [0.1, 0.15) is 24.2 Å². The number of rotatable bonds is 11. The zero-order valence-electron chi connectivity index (χ0n) is 20.9. The van der Waals surface area contributed by atoms with Crippen molar-refractivity contribution in [2.45, 2.75) is 31.3 Å². The molecule has 2 amide bonds. The van der Waals surface area contributed by atoms with Crippen LogP contribution in [-0.4, -0.2) is 51.4 Å². The van der Waals surface area contributed by atoms with Crippen molar-refractivity contribution >= 4 is 27.5 Å². The Bertz CT molecular complexity index is 1320. The lowest BCUT2D eigenvalue weighted by atomic mass is 10.1. The van der Waals surface area contributed by atoms with Gasteiger partial charge in [0.2, 0.25) is 11.8 Å². The summed E-state index contributed by atoms with van der Waals surface area (Å²) in [5.74, 6) is -0.954. The van der Waals surface area contributed by atoms with Gasteiger partial charge in [-0.3, -0.25) is 13.9 Å². The molecule has 0 aliphatic rings. The van der Waals surface area contributed by atoms with Crippen LogP contribution in [0.25, 0.3) is 0 Å². The Kier molecular flexibility index (Phi) is 9.24. The zero-order chi connectivity index (χ0) is 27.0. The molecule has 0 aromatic heterocycles. The monoisotopic (exact) mass is 527 g/mol. The first-order chi connectivity index (χ1) is 17.7. The van der Waals surface area contributed by atoms with Crippen molar-refractivity contribution in [2.24, 2.45) is 0 Å². The summed E-state index contributed by atoms with van der Waals surface area (Å²) in [4.78, 5) is 27.6. The van der Waals surface area contributed by atoms with Crippen LogP contribution < -0.4 is 14.4 Å². The Morgan fingerprint density at radius 1 is 1.00 bits per heavy atom. The average molecular weight is 528 g/mol. The SMILES string of the molecule is CCNC(=O)[C@@H](C)N(Cc1cccc(OC)c1)C(=O)CN(c1ccccc1)S(=O)(=O)c1ccc(F)cc1. The molecule has 196 valence electrons. The summed E-state index contributed by atoms with van der Waals surface area (Å²) in [5, 5.41) is 2.71. The van der Waals surface area contributed by atoms with E-state index in [-0.39, 0.29) is 23.0 Å². The number of carbonyl (C=O) groups excluding carboxylic acids is 2. The molecular weight excluding hydrogens is 497 g/mol. The molecule has 0 radical (unpaired) electrons. The molecule has 0 spiro atoms. The number of benzene rings is 3. The zero-order valence-corrected chi connectivity index (χ0v) is 21.7. The number of amides is 2. The first-order valence-corrected chi connectivity index (χ1v) is 13.1. The average Bonchev–Trinajstić information content (AvgIpc) is 2.90. The summed E-state index contributed by atoms with van der Waals surface area (Å²) in [6.07, 6.45) is 0. The fraction of sp³-hybridized carbons (Fsp3) is 0.259. The highest BCUT2D eigenvalue weighted by atomic mass is 32.2. The van der Waals surface area contributed by atoms with Crippen molar-refractivity contribution in [1.82, 2.24) is 10.2 Å². The second kappa shape index (κ2) is 12.4. The van der Waals surface area contributed by atoms with E-state index in [9.17, 15) is 22.4 Å². The smallest absolute Gasteiger partial charge is 0.264 e. The summed E-state index contributed by atoms with van der Waals surface area (Å²) < 4.78 is 46.9. The van der Waals surface area contributed by atoms with E-state index >= 15 is 0 Å². The van der Waals surface area contributed by atoms with Gasteiger partial charge in [0.25, 0.3) is 10.0 Å². The van der Waals surface area contributed by atoms with Crippen molar-refractivity contribution in [1.29, 1.82) is 0 Å². The third-order valence-electron chi connectivity index (χ3n) is 5.73. The van der Waals surface area contributed by atoms with Gasteiger partial charge in [-0.1, -0.05) is 30.3 Å². The number of methoxy groups -OCH3 is 1. The maximum absolute atomic E-state index is 13.7. The fourth-order valence-electron chi connectivity index (χ4n) is 3.73. The van der Waals surface area contributed by atoms with Crippen LogP contribution in [0, 0.1) is 5.82 Å². The van der Waals surface area contributed by atoms with E-state index in [1.807, 2.05) is 0 Å². The van der Waals surface area contributed by atoms with Gasteiger partial charge in [0, 0.05) is 13.1 Å². The fourth-order valence-corrected chi connectivity index (χ4v) is 5.14. The molecule has 1 N–H and O–H groups in total. The van der Waals surface area contributed by atoms with Crippen LogP contribution in [0.4, 0.5) is 10.1 Å². The van der Waals surface area contributed by atoms with Gasteiger partial charge in [-0.2, -0.15) is 0 Å². The molecule has 0 unspecified atom stereocenters. The summed E-state index contributed by atoms with van der Waals surface area (Å²) in [7, 11) is -2.72. The molecule has 3 aromatic rings. The van der Waals surface area contributed by atoms with Crippen molar-refractivity contribution in [3.63, 3.8) is 0 Å². The number of sulfonamides is 1. The van der Waals surface area contributed by atoms with E-state index in [1.54, 1.807) is 68.4 Å². The minimum absolute atomic E-state index is 0.0492. The minimum atomic E-state index is -4.24. The normalized spacial score (nSPS) is 11.9. The highest BCUT2D eigenvalue weighted by molar-refractivity contribution is 7.92. The van der Waals surface area contributed by atoms with Gasteiger partial charge in [-0.25, -0.2) is 12.8 Å². The van der Waals surface area contributed by atoms with Crippen molar-refractivity contribution in [2.75, 3.05) is 24.5 Å². The standard InChI is InChI=1S/C27H30FN3O5S/c1-4-29-27(33)20(2)30(18-21-9-8-12-24(17-21)36-3)26(32)19-31(23-10-6-5-7-11-23)37(34,35)25-15-13-22(28)14-16-25/h5-17,20H,4,18-19H2,1-3H3,(H,29,33)/t20-/m1/s1. The summed E-state index contributed by atoms with van der Waals surface area (Å²) in [6, 6.07) is 18.7. The third kappa shape index (κ3) is 6.85. The quantitative estimate of drug-likeness (QED) is 0.411. The second-order valence-electron chi connectivity index (χ2n) is 8.24. The maximum Gasteiger partial charge on any atom is 0.264 e. The molecule has 37 heavy (non-hydrogen) atoms. The van der Waals surface area contributed by atoms with Gasteiger partial charge in [0.05, 0.1) is 17.7 Å². The predicted octanol–water partition coefficient (Wildman–Crippen LogP) is 3.58. The lowest BCUT2D eigenvalue weighted by molar-refractivity contribution is -0.139. The summed E-state index contributed by atoms with van der Waals surface area (Å²) in [5.41, 5.74) is 0.962. The minimum Gasteiger partial charge on any atom is -0.497 e. The topological polar surface area (TPSA) is 96.0 Å². The Hall–Kier alpha value is -3.92. The Morgan fingerprint density at radius 2 is 1.68 bits per heavy atom. The van der Waals surface area contributed by atoms with Crippen LogP contribution in [0.3, 0.4) is 0 Å². The molecule has 1 atom stereocenters. The molecule has 8 nitrogen and oxygen atoms in total. The van der Waals surface area contributed by atoms with E-state index in [0.29, 0.717) is 17.9 Å². The molecule has 0 fully saturated rings. The van der Waals surface area contributed by atoms with Crippen LogP contribution >= 0.6 is 0 Å². The van der Waals surface area contributed by atoms with Gasteiger partial charge in [0.15, 0.2) is 0 Å². The number of nitrogens with one attached hydrogen (secondary N) is 1. The Morgan fingerprint density at radius 3 is 2.30 bits per heavy atom. The molecule has 10 heteroatoms. The third-order valence-corrected chi connectivity index (χ3v) is 7.52. The first-order valence-electron chi connectivity index (χ1n) is 11.7. The molecule has 0 saturated carbocycles. The van der Waals surface area contributed by atoms with Gasteiger partial charge < -0.3 is 15.0 Å². The van der Waals surface area contributed by atoms with E-state index in [1.165, 1.54) is 12.0 Å². The van der Waals surface area contributed by atoms with Crippen LogP contribution in [0.15, 0.2) is 83.8 Å².